The smallest absolute Gasteiger partial charge is 0.253 e. The van der Waals surface area contributed by atoms with Gasteiger partial charge in [-0.2, -0.15) is 5.10 Å². The number of hydrogen-bond donors (Lipinski definition) is 1. The maximum atomic E-state index is 12.9. The lowest BCUT2D eigenvalue weighted by Crippen LogP contribution is -2.56. The van der Waals surface area contributed by atoms with Gasteiger partial charge in [-0.15, -0.1) is 0 Å². The lowest BCUT2D eigenvalue weighted by atomic mass is 9.81. The van der Waals surface area contributed by atoms with Crippen molar-refractivity contribution < 1.29 is 14.3 Å². The summed E-state index contributed by atoms with van der Waals surface area (Å²) in [7, 11) is 1.76. The monoisotopic (exact) mass is 355 g/mol. The molecule has 3 heterocycles. The third-order valence-corrected chi connectivity index (χ3v) is 5.71. The zero-order valence-electron chi connectivity index (χ0n) is 15.1. The van der Waals surface area contributed by atoms with Crippen molar-refractivity contribution in [2.45, 2.75) is 37.4 Å². The Bertz CT molecular complexity index is 734. The van der Waals surface area contributed by atoms with Crippen molar-refractivity contribution in [2.24, 2.45) is 0 Å². The molecule has 6 heteroatoms. The van der Waals surface area contributed by atoms with E-state index in [0.29, 0.717) is 13.1 Å². The van der Waals surface area contributed by atoms with E-state index in [1.54, 1.807) is 13.3 Å². The normalized spacial score (nSPS) is 22.5. The summed E-state index contributed by atoms with van der Waals surface area (Å²) in [5, 5.41) is 6.90. The fourth-order valence-corrected chi connectivity index (χ4v) is 4.18. The number of amides is 1. The Labute approximate surface area is 153 Å². The largest absolute Gasteiger partial charge is 0.378 e. The van der Waals surface area contributed by atoms with Crippen molar-refractivity contribution in [1.82, 2.24) is 15.1 Å². The summed E-state index contributed by atoms with van der Waals surface area (Å²) < 4.78 is 11.8. The van der Waals surface area contributed by atoms with Gasteiger partial charge in [0, 0.05) is 38.6 Å². The number of methoxy groups -OCH3 is 1. The standard InChI is InChI=1S/C20H25N3O3/c1-25-18-3-2-14-26-20(18)9-12-23(13-10-20)19(24)16-6-4-15(5-7-16)17-8-11-21-22-17/h4-8,11,18H,2-3,9-10,12-14H2,1H3,(H,21,22). The molecule has 1 spiro atoms. The lowest BCUT2D eigenvalue weighted by molar-refractivity contribution is -0.183. The van der Waals surface area contributed by atoms with Gasteiger partial charge in [0.25, 0.3) is 5.91 Å². The van der Waals surface area contributed by atoms with Crippen LogP contribution in [-0.2, 0) is 9.47 Å². The molecule has 1 unspecified atom stereocenters. The SMILES string of the molecule is COC1CCCOC12CCN(C(=O)c1ccc(-c3ccn[nH]3)cc1)CC2. The molecule has 1 N–H and O–H groups in total. The zero-order chi connectivity index (χ0) is 18.0. The highest BCUT2D eigenvalue weighted by molar-refractivity contribution is 5.94. The summed E-state index contributed by atoms with van der Waals surface area (Å²) in [5.74, 6) is 0.0841. The number of hydrogen-bond acceptors (Lipinski definition) is 4. The van der Waals surface area contributed by atoms with Crippen LogP contribution in [0, 0.1) is 0 Å². The summed E-state index contributed by atoms with van der Waals surface area (Å²) >= 11 is 0. The minimum absolute atomic E-state index is 0.0841. The Morgan fingerprint density at radius 1 is 1.27 bits per heavy atom. The van der Waals surface area contributed by atoms with Gasteiger partial charge in [-0.1, -0.05) is 12.1 Å². The molecular weight excluding hydrogens is 330 g/mol. The molecule has 2 saturated heterocycles. The highest BCUT2D eigenvalue weighted by Gasteiger charge is 2.45. The minimum Gasteiger partial charge on any atom is -0.378 e. The van der Waals surface area contributed by atoms with Gasteiger partial charge in [0.15, 0.2) is 0 Å². The molecule has 2 aliphatic rings. The van der Waals surface area contributed by atoms with Gasteiger partial charge in [-0.25, -0.2) is 0 Å². The summed E-state index contributed by atoms with van der Waals surface area (Å²) in [4.78, 5) is 14.8. The number of aromatic amines is 1. The summed E-state index contributed by atoms with van der Waals surface area (Å²) in [6.07, 6.45) is 5.62. The predicted octanol–water partition coefficient (Wildman–Crippen LogP) is 2.88. The number of benzene rings is 1. The van der Waals surface area contributed by atoms with Crippen LogP contribution in [0.15, 0.2) is 36.5 Å². The van der Waals surface area contributed by atoms with Gasteiger partial charge in [0.05, 0.1) is 17.4 Å². The number of piperidine rings is 1. The van der Waals surface area contributed by atoms with E-state index in [0.717, 1.165) is 49.1 Å². The van der Waals surface area contributed by atoms with E-state index < -0.39 is 0 Å². The van der Waals surface area contributed by atoms with Crippen molar-refractivity contribution in [2.75, 3.05) is 26.8 Å². The van der Waals surface area contributed by atoms with Crippen LogP contribution < -0.4 is 0 Å². The quantitative estimate of drug-likeness (QED) is 0.919. The van der Waals surface area contributed by atoms with Crippen molar-refractivity contribution in [3.63, 3.8) is 0 Å². The molecule has 26 heavy (non-hydrogen) atoms. The number of rotatable bonds is 3. The van der Waals surface area contributed by atoms with Crippen LogP contribution in [0.2, 0.25) is 0 Å². The molecule has 2 fully saturated rings. The van der Waals surface area contributed by atoms with Crippen molar-refractivity contribution in [1.29, 1.82) is 0 Å². The molecule has 1 aromatic heterocycles. The summed E-state index contributed by atoms with van der Waals surface area (Å²) in [6.45, 7) is 2.21. The third kappa shape index (κ3) is 3.15. The van der Waals surface area contributed by atoms with Crippen molar-refractivity contribution >= 4 is 5.91 Å². The van der Waals surface area contributed by atoms with Gasteiger partial charge in [-0.3, -0.25) is 9.89 Å². The Morgan fingerprint density at radius 2 is 2.04 bits per heavy atom. The van der Waals surface area contributed by atoms with Crippen LogP contribution >= 0.6 is 0 Å². The predicted molar refractivity (Wildman–Crippen MR) is 97.9 cm³/mol. The average molecular weight is 355 g/mol. The zero-order valence-corrected chi connectivity index (χ0v) is 15.1. The first-order valence-electron chi connectivity index (χ1n) is 9.28. The van der Waals surface area contributed by atoms with E-state index >= 15 is 0 Å². The topological polar surface area (TPSA) is 67.5 Å². The Balaban J connectivity index is 1.42. The first kappa shape index (κ1) is 17.2. The van der Waals surface area contributed by atoms with Gasteiger partial charge in [0.1, 0.15) is 0 Å². The minimum atomic E-state index is -0.214. The molecule has 0 bridgehead atoms. The van der Waals surface area contributed by atoms with E-state index in [-0.39, 0.29) is 17.6 Å². The van der Waals surface area contributed by atoms with Crippen molar-refractivity contribution in [3.05, 3.63) is 42.1 Å². The van der Waals surface area contributed by atoms with E-state index in [1.807, 2.05) is 35.2 Å². The maximum Gasteiger partial charge on any atom is 0.253 e. The van der Waals surface area contributed by atoms with E-state index in [2.05, 4.69) is 10.2 Å². The number of carbonyl (C=O) groups excluding carboxylic acids is 1. The summed E-state index contributed by atoms with van der Waals surface area (Å²) in [5.41, 5.74) is 2.48. The number of nitrogens with one attached hydrogen (secondary N) is 1. The number of ether oxygens (including phenoxy) is 2. The van der Waals surface area contributed by atoms with Crippen LogP contribution in [0.4, 0.5) is 0 Å². The fourth-order valence-electron chi connectivity index (χ4n) is 4.18. The number of carbonyl (C=O) groups is 1. The first-order valence-corrected chi connectivity index (χ1v) is 9.28. The van der Waals surface area contributed by atoms with E-state index in [9.17, 15) is 4.79 Å². The molecule has 1 amide bonds. The molecule has 1 atom stereocenters. The molecule has 6 nitrogen and oxygen atoms in total. The molecule has 1 aromatic carbocycles. The van der Waals surface area contributed by atoms with Crippen LogP contribution in [-0.4, -0.2) is 59.5 Å². The molecule has 0 saturated carbocycles. The molecule has 4 rings (SSSR count). The lowest BCUT2D eigenvalue weighted by Gasteiger charge is -2.48. The molecule has 2 aromatic rings. The highest BCUT2D eigenvalue weighted by atomic mass is 16.5. The van der Waals surface area contributed by atoms with Crippen LogP contribution in [0.1, 0.15) is 36.0 Å². The Kier molecular flexibility index (Phi) is 4.78. The number of likely N-dealkylation sites (tertiary alicyclic amines) is 1. The third-order valence-electron chi connectivity index (χ3n) is 5.71. The number of H-pyrrole nitrogens is 1. The Hall–Kier alpha value is -2.18. The first-order chi connectivity index (χ1) is 12.7. The molecule has 0 aliphatic carbocycles. The van der Waals surface area contributed by atoms with Crippen LogP contribution in [0.25, 0.3) is 11.3 Å². The second-order valence-corrected chi connectivity index (χ2v) is 7.12. The maximum absolute atomic E-state index is 12.9. The second-order valence-electron chi connectivity index (χ2n) is 7.12. The number of nitrogens with zero attached hydrogens (tertiary/aromatic N) is 2. The summed E-state index contributed by atoms with van der Waals surface area (Å²) in [6, 6.07) is 9.60. The van der Waals surface area contributed by atoms with Gasteiger partial charge in [-0.05, 0) is 49.4 Å². The molecule has 2 aliphatic heterocycles. The van der Waals surface area contributed by atoms with Crippen molar-refractivity contribution in [3.8, 4) is 11.3 Å². The van der Waals surface area contributed by atoms with E-state index in [1.165, 1.54) is 0 Å². The van der Waals surface area contributed by atoms with Gasteiger partial charge >= 0.3 is 0 Å². The Morgan fingerprint density at radius 3 is 2.69 bits per heavy atom. The van der Waals surface area contributed by atoms with E-state index in [4.69, 9.17) is 9.47 Å². The van der Waals surface area contributed by atoms with Crippen LogP contribution in [0.5, 0.6) is 0 Å². The second kappa shape index (κ2) is 7.21. The highest BCUT2D eigenvalue weighted by Crippen LogP contribution is 2.37. The molecule has 138 valence electrons. The number of aromatic nitrogens is 2. The average Bonchev–Trinajstić information content (AvgIpc) is 3.23. The van der Waals surface area contributed by atoms with Gasteiger partial charge < -0.3 is 14.4 Å². The molecule has 0 radical (unpaired) electrons. The molecular formula is C20H25N3O3. The fraction of sp³-hybridized carbons (Fsp3) is 0.500. The van der Waals surface area contributed by atoms with Crippen LogP contribution in [0.3, 0.4) is 0 Å². The van der Waals surface area contributed by atoms with Gasteiger partial charge in [0.2, 0.25) is 0 Å².